The standard InChI is InChI=1S/C21H13F7N4O5/c1-35-15-7-10(37-21(26,27)28)2-4-13(15)36-14-5-3-11(20(23,24)25)17(22)16(14)19(34)31-9-6-12(18(29)33)32-30-8-9/h2-8H,1H3,(H2,29,33)(H,31,32,34). The van der Waals surface area contributed by atoms with Gasteiger partial charge in [-0.05, 0) is 30.3 Å². The number of halogens is 7. The lowest BCUT2D eigenvalue weighted by Gasteiger charge is -2.18. The second-order valence-corrected chi connectivity index (χ2v) is 6.91. The number of methoxy groups -OCH3 is 1. The summed E-state index contributed by atoms with van der Waals surface area (Å²) in [4.78, 5) is 24.1. The second-order valence-electron chi connectivity index (χ2n) is 6.91. The molecule has 3 aromatic rings. The quantitative estimate of drug-likeness (QED) is 0.422. The summed E-state index contributed by atoms with van der Waals surface area (Å²) in [5.41, 5.74) is 1.33. The molecule has 0 atom stereocenters. The number of benzene rings is 2. The Morgan fingerprint density at radius 2 is 1.65 bits per heavy atom. The van der Waals surface area contributed by atoms with E-state index in [1.165, 1.54) is 0 Å². The van der Waals surface area contributed by atoms with Crippen molar-refractivity contribution in [2.45, 2.75) is 12.5 Å². The molecule has 0 bridgehead atoms. The van der Waals surface area contributed by atoms with Gasteiger partial charge in [-0.3, -0.25) is 9.59 Å². The maximum Gasteiger partial charge on any atom is 0.573 e. The zero-order valence-corrected chi connectivity index (χ0v) is 18.2. The highest BCUT2D eigenvalue weighted by Crippen LogP contribution is 2.40. The van der Waals surface area contributed by atoms with E-state index in [1.54, 1.807) is 0 Å². The third-order valence-electron chi connectivity index (χ3n) is 4.39. The third-order valence-corrected chi connectivity index (χ3v) is 4.39. The largest absolute Gasteiger partial charge is 0.573 e. The van der Waals surface area contributed by atoms with Crippen LogP contribution in [-0.4, -0.2) is 35.5 Å². The van der Waals surface area contributed by atoms with E-state index in [0.29, 0.717) is 12.1 Å². The van der Waals surface area contributed by atoms with Gasteiger partial charge in [-0.1, -0.05) is 0 Å². The fraction of sp³-hybridized carbons (Fsp3) is 0.143. The number of anilines is 1. The molecule has 3 N–H and O–H groups in total. The molecule has 1 aromatic heterocycles. The van der Waals surface area contributed by atoms with Crippen LogP contribution in [0, 0.1) is 5.82 Å². The van der Waals surface area contributed by atoms with Gasteiger partial charge in [0, 0.05) is 6.07 Å². The van der Waals surface area contributed by atoms with Crippen molar-refractivity contribution in [2.24, 2.45) is 5.73 Å². The van der Waals surface area contributed by atoms with Crippen LogP contribution in [-0.2, 0) is 6.18 Å². The first-order chi connectivity index (χ1) is 17.2. The molecule has 0 aliphatic heterocycles. The van der Waals surface area contributed by atoms with Crippen LogP contribution in [0.2, 0.25) is 0 Å². The molecule has 37 heavy (non-hydrogen) atoms. The molecule has 0 saturated heterocycles. The molecule has 3 rings (SSSR count). The van der Waals surface area contributed by atoms with Gasteiger partial charge in [-0.2, -0.15) is 18.3 Å². The Kier molecular flexibility index (Phi) is 7.40. The van der Waals surface area contributed by atoms with Crippen LogP contribution in [0.5, 0.6) is 23.0 Å². The molecular formula is C21H13F7N4O5. The summed E-state index contributed by atoms with van der Waals surface area (Å²) in [6.07, 6.45) is -9.34. The van der Waals surface area contributed by atoms with E-state index in [1.807, 2.05) is 5.32 Å². The molecule has 196 valence electrons. The summed E-state index contributed by atoms with van der Waals surface area (Å²) < 4.78 is 106. The summed E-state index contributed by atoms with van der Waals surface area (Å²) in [7, 11) is 1.03. The van der Waals surface area contributed by atoms with Crippen molar-refractivity contribution in [1.29, 1.82) is 0 Å². The molecular weight excluding hydrogens is 521 g/mol. The number of carbonyl (C=O) groups excluding carboxylic acids is 2. The average molecular weight is 534 g/mol. The molecule has 2 amide bonds. The highest BCUT2D eigenvalue weighted by molar-refractivity contribution is 6.07. The topological polar surface area (TPSA) is 126 Å². The number of ether oxygens (including phenoxy) is 3. The van der Waals surface area contributed by atoms with Crippen molar-refractivity contribution in [3.05, 3.63) is 65.2 Å². The summed E-state index contributed by atoms with van der Waals surface area (Å²) in [6, 6.07) is 4.29. The molecule has 0 saturated carbocycles. The Labute approximate surface area is 201 Å². The Bertz CT molecular complexity index is 1350. The highest BCUT2D eigenvalue weighted by atomic mass is 19.4. The first-order valence-electron chi connectivity index (χ1n) is 9.65. The molecule has 0 aliphatic rings. The molecule has 1 heterocycles. The predicted molar refractivity (Wildman–Crippen MR) is 110 cm³/mol. The van der Waals surface area contributed by atoms with Crippen LogP contribution in [0.4, 0.5) is 36.4 Å². The van der Waals surface area contributed by atoms with Gasteiger partial charge in [-0.25, -0.2) is 4.39 Å². The maximum absolute atomic E-state index is 15.0. The number of hydrogen-bond acceptors (Lipinski definition) is 7. The number of primary amides is 1. The van der Waals surface area contributed by atoms with Gasteiger partial charge < -0.3 is 25.3 Å². The summed E-state index contributed by atoms with van der Waals surface area (Å²) in [5.74, 6) is -6.78. The summed E-state index contributed by atoms with van der Waals surface area (Å²) in [5, 5.41) is 8.84. The Morgan fingerprint density at radius 3 is 2.24 bits per heavy atom. The van der Waals surface area contributed by atoms with E-state index in [-0.39, 0.29) is 5.69 Å². The Balaban J connectivity index is 2.05. The lowest BCUT2D eigenvalue weighted by Crippen LogP contribution is -2.20. The third kappa shape index (κ3) is 6.53. The van der Waals surface area contributed by atoms with E-state index in [2.05, 4.69) is 14.9 Å². The molecule has 16 heteroatoms. The number of nitrogens with two attached hydrogens (primary N) is 1. The maximum atomic E-state index is 15.0. The minimum absolute atomic E-state index is 0.275. The second kappa shape index (κ2) is 10.2. The van der Waals surface area contributed by atoms with Gasteiger partial charge in [0.1, 0.15) is 17.1 Å². The number of rotatable bonds is 7. The van der Waals surface area contributed by atoms with Crippen molar-refractivity contribution in [3.8, 4) is 23.0 Å². The minimum atomic E-state index is -5.21. The van der Waals surface area contributed by atoms with E-state index in [0.717, 1.165) is 37.6 Å². The first kappa shape index (κ1) is 27.0. The number of amides is 2. The lowest BCUT2D eigenvalue weighted by molar-refractivity contribution is -0.274. The fourth-order valence-corrected chi connectivity index (χ4v) is 2.87. The molecule has 0 aliphatic carbocycles. The highest BCUT2D eigenvalue weighted by Gasteiger charge is 2.38. The van der Waals surface area contributed by atoms with Gasteiger partial charge >= 0.3 is 12.5 Å². The molecule has 9 nitrogen and oxygen atoms in total. The van der Waals surface area contributed by atoms with Gasteiger partial charge in [0.05, 0.1) is 24.6 Å². The van der Waals surface area contributed by atoms with Crippen molar-refractivity contribution in [2.75, 3.05) is 12.4 Å². The number of hydrogen-bond donors (Lipinski definition) is 2. The molecule has 0 radical (unpaired) electrons. The van der Waals surface area contributed by atoms with Crippen LogP contribution in [0.25, 0.3) is 0 Å². The monoisotopic (exact) mass is 534 g/mol. The fourth-order valence-electron chi connectivity index (χ4n) is 2.87. The number of alkyl halides is 6. The van der Waals surface area contributed by atoms with E-state index < -0.39 is 70.0 Å². The molecule has 0 fully saturated rings. The number of nitrogens with zero attached hydrogens (tertiary/aromatic N) is 2. The van der Waals surface area contributed by atoms with Crippen LogP contribution < -0.4 is 25.3 Å². The van der Waals surface area contributed by atoms with Crippen LogP contribution in [0.3, 0.4) is 0 Å². The van der Waals surface area contributed by atoms with Crippen LogP contribution in [0.15, 0.2) is 42.6 Å². The van der Waals surface area contributed by atoms with Crippen molar-refractivity contribution in [1.82, 2.24) is 10.2 Å². The Morgan fingerprint density at radius 1 is 0.973 bits per heavy atom. The SMILES string of the molecule is COc1cc(OC(F)(F)F)ccc1Oc1ccc(C(F)(F)F)c(F)c1C(=O)Nc1cnnc(C(N)=O)c1. The van der Waals surface area contributed by atoms with Gasteiger partial charge in [-0.15, -0.1) is 18.3 Å². The number of nitrogens with one attached hydrogen (secondary N) is 1. The van der Waals surface area contributed by atoms with Crippen LogP contribution in [0.1, 0.15) is 26.4 Å². The molecule has 0 spiro atoms. The van der Waals surface area contributed by atoms with Crippen molar-refractivity contribution >= 4 is 17.5 Å². The van der Waals surface area contributed by atoms with Gasteiger partial charge in [0.2, 0.25) is 0 Å². The smallest absolute Gasteiger partial charge is 0.493 e. The summed E-state index contributed by atoms with van der Waals surface area (Å²) in [6.45, 7) is 0. The first-order valence-corrected chi connectivity index (χ1v) is 9.65. The minimum Gasteiger partial charge on any atom is -0.493 e. The van der Waals surface area contributed by atoms with Gasteiger partial charge in [0.25, 0.3) is 11.8 Å². The van der Waals surface area contributed by atoms with E-state index in [9.17, 15) is 40.3 Å². The number of carbonyl (C=O) groups is 2. The van der Waals surface area contributed by atoms with Crippen molar-refractivity contribution in [3.63, 3.8) is 0 Å². The molecule has 2 aromatic carbocycles. The molecule has 0 unspecified atom stereocenters. The normalized spacial score (nSPS) is 11.6. The number of aromatic nitrogens is 2. The van der Waals surface area contributed by atoms with Crippen molar-refractivity contribution < 1.29 is 54.5 Å². The van der Waals surface area contributed by atoms with E-state index >= 15 is 0 Å². The zero-order chi connectivity index (χ0) is 27.5. The Hall–Kier alpha value is -4.63. The summed E-state index contributed by atoms with van der Waals surface area (Å²) >= 11 is 0. The van der Waals surface area contributed by atoms with E-state index in [4.69, 9.17) is 15.2 Å². The zero-order valence-electron chi connectivity index (χ0n) is 18.2. The van der Waals surface area contributed by atoms with Gasteiger partial charge in [0.15, 0.2) is 23.0 Å². The lowest BCUT2D eigenvalue weighted by atomic mass is 10.1. The average Bonchev–Trinajstić information content (AvgIpc) is 2.78. The predicted octanol–water partition coefficient (Wildman–Crippen LogP) is 4.69. The van der Waals surface area contributed by atoms with Crippen LogP contribution >= 0.6 is 0 Å².